The number of carboxylic acid groups (broad SMARTS) is 1. The number of hydrogen-bond donors (Lipinski definition) is 2. The molecule has 0 bridgehead atoms. The smallest absolute Gasteiger partial charge is 0.303 e. The van der Waals surface area contributed by atoms with Gasteiger partial charge in [-0.2, -0.15) is 0 Å². The van der Waals surface area contributed by atoms with Crippen molar-refractivity contribution in [2.24, 2.45) is 0 Å². The third kappa shape index (κ3) is 8.45. The Morgan fingerprint density at radius 2 is 1.88 bits per heavy atom. The van der Waals surface area contributed by atoms with Gasteiger partial charge in [-0.25, -0.2) is 0 Å². The molecular weight excluding hydrogens is 220 g/mol. The molecule has 0 heterocycles. The summed E-state index contributed by atoms with van der Waals surface area (Å²) < 4.78 is 0.698. The fourth-order valence-corrected chi connectivity index (χ4v) is 1.39. The van der Waals surface area contributed by atoms with E-state index in [0.29, 0.717) is 23.0 Å². The first kappa shape index (κ1) is 15.6. The summed E-state index contributed by atoms with van der Waals surface area (Å²) in [6.07, 6.45) is 0.844. The second-order valence-corrected chi connectivity index (χ2v) is 4.92. The number of carbonyl (C=O) groups excluding carboxylic acids is 1. The Morgan fingerprint density at radius 3 is 2.35 bits per heavy atom. The molecule has 0 fully saturated rings. The second-order valence-electron chi connectivity index (χ2n) is 4.92. The van der Waals surface area contributed by atoms with E-state index >= 15 is 0 Å². The fraction of sp³-hybridized carbons (Fsp3) is 0.667. The third-order valence-electron chi connectivity index (χ3n) is 2.54. The quantitative estimate of drug-likeness (QED) is 0.485. The van der Waals surface area contributed by atoms with E-state index < -0.39 is 5.97 Å². The summed E-state index contributed by atoms with van der Waals surface area (Å²) >= 11 is 0. The van der Waals surface area contributed by atoms with E-state index in [0.717, 1.165) is 13.1 Å². The van der Waals surface area contributed by atoms with Gasteiger partial charge >= 0.3 is 5.97 Å². The van der Waals surface area contributed by atoms with Crippen LogP contribution in [0.15, 0.2) is 12.2 Å². The number of nitrogens with one attached hydrogen (secondary N) is 1. The van der Waals surface area contributed by atoms with E-state index in [2.05, 4.69) is 11.9 Å². The van der Waals surface area contributed by atoms with Gasteiger partial charge < -0.3 is 14.9 Å². The molecule has 98 valence electrons. The number of amides is 1. The van der Waals surface area contributed by atoms with Crippen molar-refractivity contribution in [3.8, 4) is 0 Å². The van der Waals surface area contributed by atoms with Gasteiger partial charge in [0, 0.05) is 12.0 Å². The summed E-state index contributed by atoms with van der Waals surface area (Å²) in [5.74, 6) is -0.892. The number of rotatable bonds is 8. The second kappa shape index (κ2) is 7.06. The molecule has 17 heavy (non-hydrogen) atoms. The third-order valence-corrected chi connectivity index (χ3v) is 2.54. The lowest BCUT2D eigenvalue weighted by Gasteiger charge is -2.29. The first-order valence-electron chi connectivity index (χ1n) is 5.72. The summed E-state index contributed by atoms with van der Waals surface area (Å²) in [5.41, 5.74) is 0.501. The Bertz CT molecular complexity index is 298. The van der Waals surface area contributed by atoms with Gasteiger partial charge in [0.2, 0.25) is 5.91 Å². The standard InChI is InChI=1S/C12H22N2O3/c1-10(2)12(17)13-7-9-14(3,4)8-5-6-11(15)16/h1,5-9H2,2-4H3,(H-,13,15,16,17)/p+1. The highest BCUT2D eigenvalue weighted by atomic mass is 16.4. The van der Waals surface area contributed by atoms with Crippen LogP contribution in [0.2, 0.25) is 0 Å². The molecule has 0 aliphatic carbocycles. The van der Waals surface area contributed by atoms with E-state index in [9.17, 15) is 9.59 Å². The molecule has 5 heteroatoms. The van der Waals surface area contributed by atoms with Crippen LogP contribution in [0, 0.1) is 0 Å². The number of quaternary nitrogens is 1. The van der Waals surface area contributed by atoms with Gasteiger partial charge in [0.25, 0.3) is 0 Å². The van der Waals surface area contributed by atoms with Crippen molar-refractivity contribution in [1.82, 2.24) is 5.32 Å². The maximum atomic E-state index is 11.2. The van der Waals surface area contributed by atoms with Crippen molar-refractivity contribution in [3.63, 3.8) is 0 Å². The zero-order chi connectivity index (χ0) is 13.5. The molecule has 0 radical (unpaired) electrons. The van der Waals surface area contributed by atoms with Gasteiger partial charge in [-0.15, -0.1) is 0 Å². The Labute approximate surface area is 103 Å². The molecule has 0 aliphatic heterocycles. The molecule has 0 spiro atoms. The molecule has 0 rings (SSSR count). The minimum atomic E-state index is -0.763. The van der Waals surface area contributed by atoms with Crippen molar-refractivity contribution in [3.05, 3.63) is 12.2 Å². The lowest BCUT2D eigenvalue weighted by atomic mass is 10.2. The highest BCUT2D eigenvalue weighted by Gasteiger charge is 2.15. The molecule has 5 nitrogen and oxygen atoms in total. The van der Waals surface area contributed by atoms with Crippen LogP contribution in [0.5, 0.6) is 0 Å². The number of nitrogens with zero attached hydrogens (tertiary/aromatic N) is 1. The molecule has 0 unspecified atom stereocenters. The van der Waals surface area contributed by atoms with Crippen molar-refractivity contribution in [2.75, 3.05) is 33.7 Å². The average Bonchev–Trinajstić information content (AvgIpc) is 2.15. The van der Waals surface area contributed by atoms with Crippen molar-refractivity contribution < 1.29 is 19.2 Å². The number of carbonyl (C=O) groups is 2. The average molecular weight is 243 g/mol. The van der Waals surface area contributed by atoms with E-state index in [1.807, 2.05) is 14.1 Å². The number of aliphatic carboxylic acids is 1. The maximum Gasteiger partial charge on any atom is 0.303 e. The van der Waals surface area contributed by atoms with Crippen molar-refractivity contribution >= 4 is 11.9 Å². The van der Waals surface area contributed by atoms with Gasteiger partial charge in [-0.1, -0.05) is 6.58 Å². The number of hydrogen-bond acceptors (Lipinski definition) is 2. The Hall–Kier alpha value is -1.36. The largest absolute Gasteiger partial charge is 0.481 e. The highest BCUT2D eigenvalue weighted by Crippen LogP contribution is 2.01. The normalized spacial score (nSPS) is 11.0. The van der Waals surface area contributed by atoms with Crippen LogP contribution in [-0.2, 0) is 9.59 Å². The van der Waals surface area contributed by atoms with Crippen LogP contribution in [-0.4, -0.2) is 55.2 Å². The topological polar surface area (TPSA) is 66.4 Å². The zero-order valence-corrected chi connectivity index (χ0v) is 11.0. The first-order chi connectivity index (χ1) is 7.74. The number of carboxylic acids is 1. The van der Waals surface area contributed by atoms with Crippen LogP contribution in [0.3, 0.4) is 0 Å². The minimum absolute atomic E-state index is 0.129. The maximum absolute atomic E-state index is 11.2. The molecular formula is C12H23N2O3+. The fourth-order valence-electron chi connectivity index (χ4n) is 1.39. The lowest BCUT2D eigenvalue weighted by molar-refractivity contribution is -0.889. The summed E-state index contributed by atoms with van der Waals surface area (Å²) in [6.45, 7) is 7.36. The molecule has 0 atom stereocenters. The minimum Gasteiger partial charge on any atom is -0.481 e. The van der Waals surface area contributed by atoms with E-state index in [4.69, 9.17) is 5.11 Å². The van der Waals surface area contributed by atoms with Crippen molar-refractivity contribution in [1.29, 1.82) is 0 Å². The first-order valence-corrected chi connectivity index (χ1v) is 5.72. The van der Waals surface area contributed by atoms with E-state index in [1.54, 1.807) is 6.92 Å². The van der Waals surface area contributed by atoms with Crippen LogP contribution >= 0.6 is 0 Å². The van der Waals surface area contributed by atoms with Gasteiger partial charge in [0.05, 0.1) is 40.2 Å². The van der Waals surface area contributed by atoms with E-state index in [1.165, 1.54) is 0 Å². The predicted molar refractivity (Wildman–Crippen MR) is 66.5 cm³/mol. The predicted octanol–water partition coefficient (Wildman–Crippen LogP) is 0.620. The molecule has 0 saturated carbocycles. The molecule has 0 aromatic carbocycles. The SMILES string of the molecule is C=C(C)C(=O)NCC[N+](C)(C)CCCC(=O)O. The Kier molecular flexibility index (Phi) is 6.50. The molecule has 2 N–H and O–H groups in total. The molecule has 0 saturated heterocycles. The molecule has 0 aromatic rings. The Morgan fingerprint density at radius 1 is 1.29 bits per heavy atom. The summed E-state index contributed by atoms with van der Waals surface area (Å²) in [4.78, 5) is 21.6. The lowest BCUT2D eigenvalue weighted by Crippen LogP contribution is -2.46. The van der Waals surface area contributed by atoms with Crippen LogP contribution in [0.1, 0.15) is 19.8 Å². The summed E-state index contributed by atoms with van der Waals surface area (Å²) in [5, 5.41) is 11.3. The monoisotopic (exact) mass is 243 g/mol. The van der Waals surface area contributed by atoms with E-state index in [-0.39, 0.29) is 12.3 Å². The Balaban J connectivity index is 3.81. The summed E-state index contributed by atoms with van der Waals surface area (Å²) in [7, 11) is 4.05. The van der Waals surface area contributed by atoms with Gasteiger partial charge in [-0.3, -0.25) is 9.59 Å². The van der Waals surface area contributed by atoms with Gasteiger partial charge in [0.1, 0.15) is 0 Å². The highest BCUT2D eigenvalue weighted by molar-refractivity contribution is 5.91. The number of likely N-dealkylation sites (N-methyl/N-ethyl adjacent to an activating group) is 1. The van der Waals surface area contributed by atoms with Crippen LogP contribution in [0.4, 0.5) is 0 Å². The molecule has 0 aliphatic rings. The molecule has 1 amide bonds. The van der Waals surface area contributed by atoms with Gasteiger partial charge in [-0.05, 0) is 6.92 Å². The van der Waals surface area contributed by atoms with Crippen molar-refractivity contribution in [2.45, 2.75) is 19.8 Å². The van der Waals surface area contributed by atoms with Crippen LogP contribution < -0.4 is 5.32 Å². The van der Waals surface area contributed by atoms with Gasteiger partial charge in [0.15, 0.2) is 0 Å². The molecule has 0 aromatic heterocycles. The van der Waals surface area contributed by atoms with Crippen LogP contribution in [0.25, 0.3) is 0 Å². The summed E-state index contributed by atoms with van der Waals surface area (Å²) in [6, 6.07) is 0. The zero-order valence-electron chi connectivity index (χ0n) is 11.0.